The molecule has 0 saturated heterocycles. The van der Waals surface area contributed by atoms with E-state index in [1.54, 1.807) is 15.9 Å². The normalized spacial score (nSPS) is 13.0. The van der Waals surface area contributed by atoms with E-state index in [2.05, 4.69) is 5.32 Å². The molecule has 202 valence electrons. The minimum atomic E-state index is -0.285. The van der Waals surface area contributed by atoms with Crippen molar-refractivity contribution in [1.29, 1.82) is 0 Å². The Labute approximate surface area is 246 Å². The van der Waals surface area contributed by atoms with Crippen LogP contribution in [0.4, 0.5) is 0 Å². The fourth-order valence-corrected chi connectivity index (χ4v) is 7.61. The quantitative estimate of drug-likeness (QED) is 0.161. The maximum absolute atomic E-state index is 14.1. The van der Waals surface area contributed by atoms with E-state index in [9.17, 15) is 9.59 Å². The predicted molar refractivity (Wildman–Crippen MR) is 165 cm³/mol. The van der Waals surface area contributed by atoms with Gasteiger partial charge in [-0.1, -0.05) is 90.1 Å². The van der Waals surface area contributed by atoms with E-state index in [1.807, 2.05) is 85.8 Å². The molecular formula is C32H28ClN3O2S2. The first kappa shape index (κ1) is 26.8. The molecule has 1 aliphatic rings. The van der Waals surface area contributed by atoms with Crippen LogP contribution in [-0.4, -0.2) is 21.2 Å². The number of amides is 1. The van der Waals surface area contributed by atoms with Gasteiger partial charge in [-0.3, -0.25) is 14.2 Å². The Balaban J connectivity index is 1.36. The summed E-state index contributed by atoms with van der Waals surface area (Å²) in [7, 11) is 0. The molecule has 0 atom stereocenters. The summed E-state index contributed by atoms with van der Waals surface area (Å²) in [6.07, 6.45) is 4.09. The lowest BCUT2D eigenvalue weighted by atomic mass is 9.97. The van der Waals surface area contributed by atoms with Gasteiger partial charge in [-0.25, -0.2) is 4.98 Å². The Morgan fingerprint density at radius 3 is 2.38 bits per heavy atom. The first-order valence-corrected chi connectivity index (χ1v) is 15.5. The van der Waals surface area contributed by atoms with Crippen molar-refractivity contribution in [2.45, 2.75) is 43.8 Å². The molecule has 0 unspecified atom stereocenters. The summed E-state index contributed by atoms with van der Waals surface area (Å²) in [4.78, 5) is 34.5. The topological polar surface area (TPSA) is 64.0 Å². The monoisotopic (exact) mass is 585 g/mol. The van der Waals surface area contributed by atoms with E-state index in [1.165, 1.54) is 16.6 Å². The highest BCUT2D eigenvalue weighted by Gasteiger charge is 2.24. The van der Waals surface area contributed by atoms with Crippen molar-refractivity contribution in [1.82, 2.24) is 14.9 Å². The molecule has 2 heterocycles. The maximum atomic E-state index is 14.1. The molecule has 0 radical (unpaired) electrons. The minimum absolute atomic E-state index is 0.0934. The molecule has 1 aliphatic carbocycles. The Hall–Kier alpha value is -3.39. The average Bonchev–Trinajstić information content (AvgIpc) is 3.36. The molecule has 0 aliphatic heterocycles. The Bertz CT molecular complexity index is 1710. The van der Waals surface area contributed by atoms with Crippen LogP contribution in [0.15, 0.2) is 88.8 Å². The SMILES string of the molecule is Cc1c(Cl)cccc1-n1c(SCC(=O)NC(c2ccccc2)c2ccccc2)nc2sc3c(c2c1=O)CCCC3. The van der Waals surface area contributed by atoms with E-state index >= 15 is 0 Å². The molecule has 40 heavy (non-hydrogen) atoms. The van der Waals surface area contributed by atoms with Crippen molar-refractivity contribution in [3.05, 3.63) is 121 Å². The largest absolute Gasteiger partial charge is 0.344 e. The van der Waals surface area contributed by atoms with Gasteiger partial charge in [0, 0.05) is 9.90 Å². The third-order valence-electron chi connectivity index (χ3n) is 7.34. The minimum Gasteiger partial charge on any atom is -0.344 e. The molecule has 2 aromatic heterocycles. The number of rotatable bonds is 7. The van der Waals surface area contributed by atoms with Crippen LogP contribution in [0.3, 0.4) is 0 Å². The molecule has 0 bridgehead atoms. The Morgan fingerprint density at radius 1 is 1.00 bits per heavy atom. The number of thioether (sulfide) groups is 1. The number of thiophene rings is 1. The summed E-state index contributed by atoms with van der Waals surface area (Å²) in [5.41, 5.74) is 4.54. The lowest BCUT2D eigenvalue weighted by Gasteiger charge is -2.20. The van der Waals surface area contributed by atoms with Gasteiger partial charge in [0.15, 0.2) is 5.16 Å². The number of nitrogens with one attached hydrogen (secondary N) is 1. The average molecular weight is 586 g/mol. The molecule has 1 amide bonds. The van der Waals surface area contributed by atoms with Crippen molar-refractivity contribution < 1.29 is 4.79 Å². The smallest absolute Gasteiger partial charge is 0.267 e. The van der Waals surface area contributed by atoms with Gasteiger partial charge in [-0.15, -0.1) is 11.3 Å². The summed E-state index contributed by atoms with van der Waals surface area (Å²) in [5, 5.41) is 4.98. The molecule has 0 fully saturated rings. The van der Waals surface area contributed by atoms with Crippen molar-refractivity contribution >= 4 is 50.8 Å². The predicted octanol–water partition coefficient (Wildman–Crippen LogP) is 7.29. The van der Waals surface area contributed by atoms with Crippen molar-refractivity contribution in [2.24, 2.45) is 0 Å². The van der Waals surface area contributed by atoms with Crippen LogP contribution < -0.4 is 10.9 Å². The summed E-state index contributed by atoms with van der Waals surface area (Å²) < 4.78 is 1.65. The van der Waals surface area contributed by atoms with Gasteiger partial charge in [0.1, 0.15) is 4.83 Å². The first-order valence-electron chi connectivity index (χ1n) is 13.4. The first-order chi connectivity index (χ1) is 19.5. The van der Waals surface area contributed by atoms with Gasteiger partial charge in [0.2, 0.25) is 5.91 Å². The molecule has 1 N–H and O–H groups in total. The van der Waals surface area contributed by atoms with E-state index in [4.69, 9.17) is 16.6 Å². The molecule has 8 heteroatoms. The zero-order valence-corrected chi connectivity index (χ0v) is 24.4. The summed E-state index contributed by atoms with van der Waals surface area (Å²) in [6, 6.07) is 25.1. The van der Waals surface area contributed by atoms with Crippen molar-refractivity contribution in [2.75, 3.05) is 5.75 Å². The van der Waals surface area contributed by atoms with Gasteiger partial charge in [-0.2, -0.15) is 0 Å². The number of halogens is 1. The molecule has 6 rings (SSSR count). The van der Waals surface area contributed by atoms with Gasteiger partial charge in [0.25, 0.3) is 5.56 Å². The maximum Gasteiger partial charge on any atom is 0.267 e. The van der Waals surface area contributed by atoms with Crippen LogP contribution >= 0.6 is 34.7 Å². The third-order valence-corrected chi connectivity index (χ3v) is 9.88. The summed E-state index contributed by atoms with van der Waals surface area (Å²) in [5.74, 6) is -0.0318. The number of hydrogen-bond acceptors (Lipinski definition) is 5. The second-order valence-corrected chi connectivity index (χ2v) is 12.4. The van der Waals surface area contributed by atoms with E-state index in [-0.39, 0.29) is 23.3 Å². The molecule has 0 saturated carbocycles. The molecule has 5 aromatic rings. The summed E-state index contributed by atoms with van der Waals surface area (Å²) >= 11 is 9.37. The number of benzene rings is 3. The zero-order chi connectivity index (χ0) is 27.6. The highest BCUT2D eigenvalue weighted by atomic mass is 35.5. The van der Waals surface area contributed by atoms with Gasteiger partial charge in [0.05, 0.1) is 22.9 Å². The van der Waals surface area contributed by atoms with Crippen LogP contribution in [0, 0.1) is 6.92 Å². The zero-order valence-electron chi connectivity index (χ0n) is 22.0. The fraction of sp³-hybridized carbons (Fsp3) is 0.219. The third kappa shape index (κ3) is 5.21. The van der Waals surface area contributed by atoms with Gasteiger partial charge < -0.3 is 5.32 Å². The van der Waals surface area contributed by atoms with Crippen LogP contribution in [-0.2, 0) is 17.6 Å². The fourth-order valence-electron chi connectivity index (χ4n) is 5.32. The second-order valence-electron chi connectivity index (χ2n) is 9.92. The van der Waals surface area contributed by atoms with Gasteiger partial charge >= 0.3 is 0 Å². The van der Waals surface area contributed by atoms with E-state index in [0.717, 1.165) is 52.8 Å². The standard InChI is InChI=1S/C32H28ClN3O2S2/c1-20-24(33)16-10-17-25(20)36-31(38)28-23-15-8-9-18-26(23)40-30(28)35-32(36)39-19-27(37)34-29(21-11-4-2-5-12-21)22-13-6-3-7-14-22/h2-7,10-14,16-17,29H,8-9,15,18-19H2,1H3,(H,34,37). The number of hydrogen-bond donors (Lipinski definition) is 1. The number of fused-ring (bicyclic) bond motifs is 3. The number of aryl methyl sites for hydroxylation is 2. The number of nitrogens with zero attached hydrogens (tertiary/aromatic N) is 2. The lowest BCUT2D eigenvalue weighted by molar-refractivity contribution is -0.119. The molecule has 0 spiro atoms. The van der Waals surface area contributed by atoms with E-state index in [0.29, 0.717) is 21.3 Å². The number of aromatic nitrogens is 2. The van der Waals surface area contributed by atoms with Crippen LogP contribution in [0.1, 0.15) is 46.0 Å². The highest BCUT2D eigenvalue weighted by molar-refractivity contribution is 7.99. The second kappa shape index (κ2) is 11.6. The molecule has 5 nitrogen and oxygen atoms in total. The van der Waals surface area contributed by atoms with Crippen LogP contribution in [0.25, 0.3) is 15.9 Å². The number of carbonyl (C=O) groups excluding carboxylic acids is 1. The van der Waals surface area contributed by atoms with Crippen LogP contribution in [0.5, 0.6) is 0 Å². The molecule has 3 aromatic carbocycles. The van der Waals surface area contributed by atoms with Crippen molar-refractivity contribution in [3.8, 4) is 5.69 Å². The van der Waals surface area contributed by atoms with Gasteiger partial charge in [-0.05, 0) is 67.0 Å². The molecular weight excluding hydrogens is 558 g/mol. The lowest BCUT2D eigenvalue weighted by Crippen LogP contribution is -2.31. The highest BCUT2D eigenvalue weighted by Crippen LogP contribution is 2.36. The Morgan fingerprint density at radius 2 is 1.68 bits per heavy atom. The summed E-state index contributed by atoms with van der Waals surface area (Å²) in [6.45, 7) is 1.91. The van der Waals surface area contributed by atoms with E-state index < -0.39 is 0 Å². The Kier molecular flexibility index (Phi) is 7.78. The van der Waals surface area contributed by atoms with Crippen LogP contribution in [0.2, 0.25) is 5.02 Å². The van der Waals surface area contributed by atoms with Crippen molar-refractivity contribution in [3.63, 3.8) is 0 Å². The number of carbonyl (C=O) groups is 1.